The molecule has 0 radical (unpaired) electrons. The lowest BCUT2D eigenvalue weighted by atomic mass is 10.1. The number of aryl methyl sites for hydroxylation is 2. The number of hydrogen-bond donors (Lipinski definition) is 1. The van der Waals surface area contributed by atoms with E-state index in [-0.39, 0.29) is 0 Å². The third kappa shape index (κ3) is 4.14. The summed E-state index contributed by atoms with van der Waals surface area (Å²) >= 11 is 0. The van der Waals surface area contributed by atoms with Gasteiger partial charge in [-0.05, 0) is 45.0 Å². The van der Waals surface area contributed by atoms with Gasteiger partial charge in [0.2, 0.25) is 0 Å². The minimum Gasteiger partial charge on any atom is -0.486 e. The maximum Gasteiger partial charge on any atom is 0.338 e. The molecule has 0 unspecified atom stereocenters. The van der Waals surface area contributed by atoms with Gasteiger partial charge in [-0.2, -0.15) is 0 Å². The zero-order chi connectivity index (χ0) is 18.7. The summed E-state index contributed by atoms with van der Waals surface area (Å²) in [5.74, 6) is 0.276. The first-order valence-electron chi connectivity index (χ1n) is 8.42. The molecule has 26 heavy (non-hydrogen) atoms. The van der Waals surface area contributed by atoms with Crippen LogP contribution in [0.4, 0.5) is 5.69 Å². The Morgan fingerprint density at radius 3 is 2.35 bits per heavy atom. The van der Waals surface area contributed by atoms with Crippen molar-refractivity contribution in [3.63, 3.8) is 0 Å². The average Bonchev–Trinajstić information content (AvgIpc) is 2.60. The van der Waals surface area contributed by atoms with Gasteiger partial charge in [-0.1, -0.05) is 17.2 Å². The maximum absolute atomic E-state index is 12.3. The molecule has 1 aliphatic heterocycles. The van der Waals surface area contributed by atoms with Crippen LogP contribution in [-0.2, 0) is 9.53 Å². The molecule has 1 N–H and O–H groups in total. The number of benzene rings is 2. The van der Waals surface area contributed by atoms with E-state index in [0.29, 0.717) is 36.0 Å². The fourth-order valence-corrected chi connectivity index (χ4v) is 2.74. The molecular weight excluding hydrogens is 334 g/mol. The number of hydrogen-bond acceptors (Lipinski definition) is 5. The van der Waals surface area contributed by atoms with Gasteiger partial charge in [-0.15, -0.1) is 0 Å². The fourth-order valence-electron chi connectivity index (χ4n) is 2.74. The summed E-state index contributed by atoms with van der Waals surface area (Å²) in [6.45, 7) is 6.32. The summed E-state index contributed by atoms with van der Waals surface area (Å²) in [6, 6.07) is 10.6. The van der Waals surface area contributed by atoms with Crippen molar-refractivity contribution in [1.29, 1.82) is 0 Å². The van der Waals surface area contributed by atoms with Crippen LogP contribution in [0.15, 0.2) is 36.4 Å². The second kappa shape index (κ2) is 7.47. The van der Waals surface area contributed by atoms with E-state index in [2.05, 4.69) is 5.32 Å². The van der Waals surface area contributed by atoms with Gasteiger partial charge in [0, 0.05) is 11.8 Å². The highest BCUT2D eigenvalue weighted by atomic mass is 16.6. The molecule has 0 aliphatic carbocycles. The van der Waals surface area contributed by atoms with Crippen LogP contribution in [0.2, 0.25) is 0 Å². The Hall–Kier alpha value is -3.02. The van der Waals surface area contributed by atoms with E-state index < -0.39 is 18.0 Å². The second-order valence-corrected chi connectivity index (χ2v) is 6.27. The monoisotopic (exact) mass is 355 g/mol. The Morgan fingerprint density at radius 2 is 1.65 bits per heavy atom. The van der Waals surface area contributed by atoms with Gasteiger partial charge in [0.1, 0.15) is 13.2 Å². The largest absolute Gasteiger partial charge is 0.486 e. The Labute approximate surface area is 152 Å². The van der Waals surface area contributed by atoms with Gasteiger partial charge < -0.3 is 19.5 Å². The summed E-state index contributed by atoms with van der Waals surface area (Å²) < 4.78 is 16.2. The van der Waals surface area contributed by atoms with Crippen molar-refractivity contribution >= 4 is 17.6 Å². The highest BCUT2D eigenvalue weighted by Gasteiger charge is 2.20. The normalized spacial score (nSPS) is 13.7. The van der Waals surface area contributed by atoms with Crippen molar-refractivity contribution in [2.24, 2.45) is 0 Å². The number of rotatable bonds is 4. The van der Waals surface area contributed by atoms with Gasteiger partial charge in [-0.25, -0.2) is 4.79 Å². The Morgan fingerprint density at radius 1 is 1.00 bits per heavy atom. The first-order chi connectivity index (χ1) is 12.4. The van der Waals surface area contributed by atoms with Crippen LogP contribution in [-0.4, -0.2) is 31.2 Å². The summed E-state index contributed by atoms with van der Waals surface area (Å²) in [7, 11) is 0. The first kappa shape index (κ1) is 17.8. The highest BCUT2D eigenvalue weighted by molar-refractivity contribution is 5.97. The lowest BCUT2D eigenvalue weighted by Gasteiger charge is -2.19. The highest BCUT2D eigenvalue weighted by Crippen LogP contribution is 2.32. The molecule has 0 spiro atoms. The number of anilines is 1. The number of carbonyl (C=O) groups excluding carboxylic acids is 2. The van der Waals surface area contributed by atoms with Crippen molar-refractivity contribution in [2.75, 3.05) is 18.5 Å². The molecule has 0 fully saturated rings. The zero-order valence-electron chi connectivity index (χ0n) is 15.0. The van der Waals surface area contributed by atoms with Gasteiger partial charge in [0.15, 0.2) is 17.6 Å². The quantitative estimate of drug-likeness (QED) is 0.852. The van der Waals surface area contributed by atoms with Crippen molar-refractivity contribution in [3.05, 3.63) is 53.1 Å². The summed E-state index contributed by atoms with van der Waals surface area (Å²) in [5.41, 5.74) is 2.91. The number of nitrogens with one attached hydrogen (secondary N) is 1. The number of ether oxygens (including phenoxy) is 3. The molecule has 0 saturated carbocycles. The van der Waals surface area contributed by atoms with Crippen molar-refractivity contribution < 1.29 is 23.8 Å². The number of amides is 1. The zero-order valence-corrected chi connectivity index (χ0v) is 15.0. The minimum absolute atomic E-state index is 0.417. The van der Waals surface area contributed by atoms with Gasteiger partial charge in [-0.3, -0.25) is 4.79 Å². The van der Waals surface area contributed by atoms with E-state index in [0.717, 1.165) is 11.1 Å². The topological polar surface area (TPSA) is 73.9 Å². The number of fused-ring (bicyclic) bond motifs is 1. The molecule has 3 rings (SSSR count). The van der Waals surface area contributed by atoms with Crippen molar-refractivity contribution in [3.8, 4) is 11.5 Å². The molecule has 1 heterocycles. The molecule has 1 atom stereocenters. The van der Waals surface area contributed by atoms with Crippen LogP contribution < -0.4 is 14.8 Å². The molecule has 136 valence electrons. The maximum atomic E-state index is 12.3. The van der Waals surface area contributed by atoms with Gasteiger partial charge in [0.25, 0.3) is 5.91 Å². The fraction of sp³-hybridized carbons (Fsp3) is 0.300. The third-order valence-corrected chi connectivity index (χ3v) is 3.92. The summed E-state index contributed by atoms with van der Waals surface area (Å²) in [4.78, 5) is 24.6. The van der Waals surface area contributed by atoms with Crippen LogP contribution in [0, 0.1) is 13.8 Å². The van der Waals surface area contributed by atoms with Gasteiger partial charge >= 0.3 is 5.97 Å². The van der Waals surface area contributed by atoms with Crippen molar-refractivity contribution in [2.45, 2.75) is 26.9 Å². The van der Waals surface area contributed by atoms with Crippen LogP contribution in [0.1, 0.15) is 28.4 Å². The third-order valence-electron chi connectivity index (χ3n) is 3.92. The van der Waals surface area contributed by atoms with E-state index in [1.165, 1.54) is 6.92 Å². The second-order valence-electron chi connectivity index (χ2n) is 6.27. The van der Waals surface area contributed by atoms with Crippen LogP contribution in [0.5, 0.6) is 11.5 Å². The van der Waals surface area contributed by atoms with E-state index in [1.54, 1.807) is 30.3 Å². The van der Waals surface area contributed by atoms with Crippen LogP contribution >= 0.6 is 0 Å². The van der Waals surface area contributed by atoms with Crippen LogP contribution in [0.3, 0.4) is 0 Å². The van der Waals surface area contributed by atoms with Crippen LogP contribution in [0.25, 0.3) is 0 Å². The molecular formula is C20H21NO5. The van der Waals surface area contributed by atoms with E-state index >= 15 is 0 Å². The SMILES string of the molecule is Cc1cc(C)cc(C(=O)O[C@H](C)C(=O)Nc2ccc3c(c2)OCCO3)c1. The predicted molar refractivity (Wildman–Crippen MR) is 96.9 cm³/mol. The molecule has 6 nitrogen and oxygen atoms in total. The number of carbonyl (C=O) groups is 2. The molecule has 2 aromatic rings. The Bertz CT molecular complexity index is 826. The minimum atomic E-state index is -0.934. The molecule has 2 aromatic carbocycles. The standard InChI is InChI=1S/C20H21NO5/c1-12-8-13(2)10-15(9-12)20(23)26-14(3)19(22)21-16-4-5-17-18(11-16)25-7-6-24-17/h4-5,8-11,14H,6-7H2,1-3H3,(H,21,22)/t14-/m1/s1. The van der Waals surface area contributed by atoms with E-state index in [4.69, 9.17) is 14.2 Å². The smallest absolute Gasteiger partial charge is 0.338 e. The lowest BCUT2D eigenvalue weighted by Crippen LogP contribution is -2.30. The molecule has 0 saturated heterocycles. The van der Waals surface area contributed by atoms with E-state index in [1.807, 2.05) is 19.9 Å². The number of esters is 1. The Balaban J connectivity index is 1.63. The molecule has 1 amide bonds. The molecule has 1 aliphatic rings. The molecule has 0 aromatic heterocycles. The molecule has 0 bridgehead atoms. The average molecular weight is 355 g/mol. The first-order valence-corrected chi connectivity index (χ1v) is 8.42. The Kier molecular flexibility index (Phi) is 5.11. The summed E-state index contributed by atoms with van der Waals surface area (Å²) in [6.07, 6.45) is -0.934. The van der Waals surface area contributed by atoms with E-state index in [9.17, 15) is 9.59 Å². The van der Waals surface area contributed by atoms with Gasteiger partial charge in [0.05, 0.1) is 5.56 Å². The lowest BCUT2D eigenvalue weighted by molar-refractivity contribution is -0.123. The predicted octanol–water partition coefficient (Wildman–Crippen LogP) is 3.26. The van der Waals surface area contributed by atoms with Crippen molar-refractivity contribution in [1.82, 2.24) is 0 Å². The summed E-state index contributed by atoms with van der Waals surface area (Å²) in [5, 5.41) is 2.72. The molecule has 6 heteroatoms.